The van der Waals surface area contributed by atoms with Gasteiger partial charge in [-0.1, -0.05) is 56.3 Å². The smallest absolute Gasteiger partial charge is 0.232 e. The average molecular weight is 461 g/mol. The van der Waals surface area contributed by atoms with Gasteiger partial charge in [0.15, 0.2) is 0 Å². The van der Waals surface area contributed by atoms with Gasteiger partial charge in [-0.15, -0.1) is 0 Å². The number of piperidine rings is 1. The molecule has 0 radical (unpaired) electrons. The molecule has 2 heterocycles. The lowest BCUT2D eigenvalue weighted by atomic mass is 9.95. The van der Waals surface area contributed by atoms with Gasteiger partial charge in [0.1, 0.15) is 0 Å². The van der Waals surface area contributed by atoms with Crippen LogP contribution in [0.25, 0.3) is 11.4 Å². The zero-order valence-corrected chi connectivity index (χ0v) is 20.1. The molecule has 4 rings (SSSR count). The molecule has 7 nitrogen and oxygen atoms in total. The number of carbonyl (C=O) groups excluding carboxylic acids is 2. The standard InChI is InChI=1S/C27H32N4O3/c1-27(2,3)26-29-24(30-34-26)20-10-12-22(13-11-20)28-25(33)21-15-17-31(18-16-21)23(32)14-9-19-7-5-4-6-8-19/h4-8,10-13,21H,9,14-18H2,1-3H3,(H,28,33). The third-order valence-corrected chi connectivity index (χ3v) is 6.17. The van der Waals surface area contributed by atoms with Gasteiger partial charge in [-0.05, 0) is 49.1 Å². The van der Waals surface area contributed by atoms with Crippen LogP contribution < -0.4 is 5.32 Å². The minimum Gasteiger partial charge on any atom is -0.343 e. The molecule has 3 aromatic rings. The quantitative estimate of drug-likeness (QED) is 0.568. The van der Waals surface area contributed by atoms with Crippen LogP contribution in [-0.2, 0) is 21.4 Å². The van der Waals surface area contributed by atoms with Crippen molar-refractivity contribution in [3.05, 3.63) is 66.1 Å². The topological polar surface area (TPSA) is 88.3 Å². The predicted octanol–water partition coefficient (Wildman–Crippen LogP) is 4.84. The van der Waals surface area contributed by atoms with Crippen molar-refractivity contribution in [2.24, 2.45) is 5.92 Å². The number of aryl methyl sites for hydroxylation is 1. The summed E-state index contributed by atoms with van der Waals surface area (Å²) in [5, 5.41) is 7.07. The van der Waals surface area contributed by atoms with Crippen molar-refractivity contribution in [3.8, 4) is 11.4 Å². The van der Waals surface area contributed by atoms with E-state index < -0.39 is 0 Å². The highest BCUT2D eigenvalue weighted by atomic mass is 16.5. The molecule has 2 aromatic carbocycles. The molecular formula is C27H32N4O3. The van der Waals surface area contributed by atoms with Crippen LogP contribution in [0.4, 0.5) is 5.69 Å². The highest BCUT2D eigenvalue weighted by Crippen LogP contribution is 2.25. The van der Waals surface area contributed by atoms with Crippen LogP contribution in [0.1, 0.15) is 51.5 Å². The highest BCUT2D eigenvalue weighted by molar-refractivity contribution is 5.93. The normalized spacial score (nSPS) is 14.7. The van der Waals surface area contributed by atoms with E-state index in [1.54, 1.807) is 0 Å². The molecule has 1 aliphatic rings. The largest absolute Gasteiger partial charge is 0.343 e. The molecule has 0 saturated carbocycles. The minimum absolute atomic E-state index is 0.00119. The van der Waals surface area contributed by atoms with Gasteiger partial charge < -0.3 is 14.7 Å². The number of anilines is 1. The Hall–Kier alpha value is -3.48. The molecule has 0 atom stereocenters. The summed E-state index contributed by atoms with van der Waals surface area (Å²) in [6, 6.07) is 17.5. The third-order valence-electron chi connectivity index (χ3n) is 6.17. The molecule has 1 aromatic heterocycles. The molecule has 178 valence electrons. The Balaban J connectivity index is 1.25. The molecule has 0 spiro atoms. The Morgan fingerprint density at radius 3 is 2.32 bits per heavy atom. The van der Waals surface area contributed by atoms with E-state index in [4.69, 9.17) is 4.52 Å². The fourth-order valence-electron chi connectivity index (χ4n) is 4.04. The van der Waals surface area contributed by atoms with Gasteiger partial charge in [0.05, 0.1) is 0 Å². The van der Waals surface area contributed by atoms with Crippen molar-refractivity contribution >= 4 is 17.5 Å². The summed E-state index contributed by atoms with van der Waals surface area (Å²) in [6.07, 6.45) is 2.61. The molecule has 1 N–H and O–H groups in total. The summed E-state index contributed by atoms with van der Waals surface area (Å²) in [6.45, 7) is 7.31. The Labute approximate surface area is 200 Å². The zero-order valence-electron chi connectivity index (χ0n) is 20.1. The molecule has 1 aliphatic heterocycles. The number of likely N-dealkylation sites (tertiary alicyclic amines) is 1. The fraction of sp³-hybridized carbons (Fsp3) is 0.407. The van der Waals surface area contributed by atoms with E-state index in [0.29, 0.717) is 44.1 Å². The predicted molar refractivity (Wildman–Crippen MR) is 131 cm³/mol. The maximum atomic E-state index is 12.8. The maximum Gasteiger partial charge on any atom is 0.232 e. The molecule has 1 fully saturated rings. The summed E-state index contributed by atoms with van der Waals surface area (Å²) >= 11 is 0. The van der Waals surface area contributed by atoms with E-state index in [1.165, 1.54) is 5.56 Å². The van der Waals surface area contributed by atoms with Crippen LogP contribution in [-0.4, -0.2) is 39.9 Å². The Bertz CT molecular complexity index is 1110. The first kappa shape index (κ1) is 23.7. The van der Waals surface area contributed by atoms with E-state index in [1.807, 2.05) is 80.3 Å². The first-order chi connectivity index (χ1) is 16.3. The van der Waals surface area contributed by atoms with Crippen molar-refractivity contribution < 1.29 is 14.1 Å². The van der Waals surface area contributed by atoms with Crippen molar-refractivity contribution in [3.63, 3.8) is 0 Å². The zero-order chi connectivity index (χ0) is 24.1. The van der Waals surface area contributed by atoms with E-state index in [9.17, 15) is 9.59 Å². The van der Waals surface area contributed by atoms with Crippen LogP contribution in [0.15, 0.2) is 59.1 Å². The summed E-state index contributed by atoms with van der Waals surface area (Å²) in [7, 11) is 0. The number of rotatable bonds is 6. The number of aromatic nitrogens is 2. The second kappa shape index (κ2) is 10.2. The minimum atomic E-state index is -0.207. The number of hydrogen-bond acceptors (Lipinski definition) is 5. The molecule has 0 bridgehead atoms. The van der Waals surface area contributed by atoms with E-state index >= 15 is 0 Å². The molecular weight excluding hydrogens is 428 g/mol. The summed E-state index contributed by atoms with van der Waals surface area (Å²) in [5.41, 5.74) is 2.53. The molecule has 1 saturated heterocycles. The van der Waals surface area contributed by atoms with Gasteiger partial charge in [-0.2, -0.15) is 4.98 Å². The van der Waals surface area contributed by atoms with Crippen LogP contribution in [0.2, 0.25) is 0 Å². The molecule has 0 aliphatic carbocycles. The van der Waals surface area contributed by atoms with Crippen LogP contribution in [0.5, 0.6) is 0 Å². The number of hydrogen-bond donors (Lipinski definition) is 1. The van der Waals surface area contributed by atoms with Crippen molar-refractivity contribution in [1.29, 1.82) is 0 Å². The van der Waals surface area contributed by atoms with Crippen molar-refractivity contribution in [2.45, 2.75) is 51.9 Å². The summed E-state index contributed by atoms with van der Waals surface area (Å²) in [5.74, 6) is 1.19. The lowest BCUT2D eigenvalue weighted by Gasteiger charge is -2.31. The van der Waals surface area contributed by atoms with Gasteiger partial charge in [-0.25, -0.2) is 0 Å². The Morgan fingerprint density at radius 2 is 1.71 bits per heavy atom. The van der Waals surface area contributed by atoms with Gasteiger partial charge in [-0.3, -0.25) is 9.59 Å². The van der Waals surface area contributed by atoms with Gasteiger partial charge in [0.25, 0.3) is 0 Å². The van der Waals surface area contributed by atoms with E-state index in [0.717, 1.165) is 17.7 Å². The van der Waals surface area contributed by atoms with Crippen LogP contribution in [0, 0.1) is 5.92 Å². The Morgan fingerprint density at radius 1 is 1.03 bits per heavy atom. The van der Waals surface area contributed by atoms with Crippen LogP contribution in [0.3, 0.4) is 0 Å². The number of carbonyl (C=O) groups is 2. The van der Waals surface area contributed by atoms with Crippen molar-refractivity contribution in [2.75, 3.05) is 18.4 Å². The van der Waals surface area contributed by atoms with Crippen LogP contribution >= 0.6 is 0 Å². The first-order valence-corrected chi connectivity index (χ1v) is 11.9. The lowest BCUT2D eigenvalue weighted by Crippen LogP contribution is -2.41. The second-order valence-electron chi connectivity index (χ2n) is 9.88. The van der Waals surface area contributed by atoms with Gasteiger partial charge >= 0.3 is 0 Å². The van der Waals surface area contributed by atoms with Gasteiger partial charge in [0.2, 0.25) is 23.5 Å². The Kier molecular flexibility index (Phi) is 7.10. The summed E-state index contributed by atoms with van der Waals surface area (Å²) in [4.78, 5) is 31.7. The summed E-state index contributed by atoms with van der Waals surface area (Å²) < 4.78 is 5.36. The number of nitrogens with zero attached hydrogens (tertiary/aromatic N) is 3. The molecule has 0 unspecified atom stereocenters. The number of nitrogens with one attached hydrogen (secondary N) is 1. The van der Waals surface area contributed by atoms with Crippen molar-refractivity contribution in [1.82, 2.24) is 15.0 Å². The first-order valence-electron chi connectivity index (χ1n) is 11.9. The number of amides is 2. The highest BCUT2D eigenvalue weighted by Gasteiger charge is 2.27. The molecule has 34 heavy (non-hydrogen) atoms. The number of benzene rings is 2. The molecule has 2 amide bonds. The average Bonchev–Trinajstić information content (AvgIpc) is 3.35. The second-order valence-corrected chi connectivity index (χ2v) is 9.88. The lowest BCUT2D eigenvalue weighted by molar-refractivity contribution is -0.134. The monoisotopic (exact) mass is 460 g/mol. The van der Waals surface area contributed by atoms with E-state index in [2.05, 4.69) is 15.5 Å². The fourth-order valence-corrected chi connectivity index (χ4v) is 4.04. The van der Waals surface area contributed by atoms with Gasteiger partial charge in [0, 0.05) is 42.1 Å². The maximum absolute atomic E-state index is 12.8. The molecule has 7 heteroatoms. The van der Waals surface area contributed by atoms with E-state index in [-0.39, 0.29) is 23.1 Å². The third kappa shape index (κ3) is 5.90. The SMILES string of the molecule is CC(C)(C)c1nc(-c2ccc(NC(=O)C3CCN(C(=O)CCc4ccccc4)CC3)cc2)no1.